The van der Waals surface area contributed by atoms with Crippen molar-refractivity contribution < 1.29 is 27.5 Å². The Bertz CT molecular complexity index is 1070. The van der Waals surface area contributed by atoms with Crippen molar-refractivity contribution in [2.75, 3.05) is 18.5 Å². The number of benzene rings is 1. The number of fused-ring (bicyclic) bond motifs is 1. The third-order valence-corrected chi connectivity index (χ3v) is 5.70. The second kappa shape index (κ2) is 9.22. The highest BCUT2D eigenvalue weighted by atomic mass is 32.1. The molecule has 0 saturated heterocycles. The van der Waals surface area contributed by atoms with Gasteiger partial charge in [-0.15, -0.1) is 11.3 Å². The molecule has 0 spiro atoms. The van der Waals surface area contributed by atoms with Gasteiger partial charge in [0.1, 0.15) is 11.1 Å². The van der Waals surface area contributed by atoms with Crippen LogP contribution in [0.4, 0.5) is 23.0 Å². The van der Waals surface area contributed by atoms with Crippen LogP contribution in [-0.2, 0) is 28.7 Å². The van der Waals surface area contributed by atoms with Gasteiger partial charge in [-0.3, -0.25) is 4.79 Å². The number of alkyl halides is 3. The Morgan fingerprint density at radius 2 is 2.16 bits per heavy atom. The third-order valence-electron chi connectivity index (χ3n) is 4.57. The molecule has 31 heavy (non-hydrogen) atoms. The lowest BCUT2D eigenvalue weighted by atomic mass is 10.0. The summed E-state index contributed by atoms with van der Waals surface area (Å²) in [5.74, 6) is -0.574. The van der Waals surface area contributed by atoms with Crippen LogP contribution in [-0.4, -0.2) is 30.1 Å². The van der Waals surface area contributed by atoms with Crippen LogP contribution < -0.4 is 5.32 Å². The first-order valence-electron chi connectivity index (χ1n) is 9.35. The summed E-state index contributed by atoms with van der Waals surface area (Å²) in [6.07, 6.45) is -2.06. The number of amides is 2. The minimum atomic E-state index is -4.47. The van der Waals surface area contributed by atoms with Crippen LogP contribution in [0.15, 0.2) is 30.3 Å². The topological polar surface area (TPSA) is 82.4 Å². The first-order chi connectivity index (χ1) is 14.7. The number of rotatable bonds is 4. The fraction of sp³-hybridized carbons (Fsp3) is 0.286. The van der Waals surface area contributed by atoms with Gasteiger partial charge in [0.05, 0.1) is 24.3 Å². The summed E-state index contributed by atoms with van der Waals surface area (Å²) in [6.45, 7) is 2.66. The molecule has 1 N–H and O–H groups in total. The van der Waals surface area contributed by atoms with Crippen LogP contribution in [0.25, 0.3) is 6.08 Å². The molecule has 6 nitrogen and oxygen atoms in total. The Morgan fingerprint density at radius 1 is 1.39 bits per heavy atom. The Hall–Kier alpha value is -3.32. The molecule has 162 valence electrons. The summed E-state index contributed by atoms with van der Waals surface area (Å²) in [6, 6.07) is 6.69. The highest BCUT2D eigenvalue weighted by molar-refractivity contribution is 7.16. The van der Waals surface area contributed by atoms with E-state index < -0.39 is 23.7 Å². The second-order valence-corrected chi connectivity index (χ2v) is 7.74. The fourth-order valence-corrected chi connectivity index (χ4v) is 4.34. The monoisotopic (exact) mass is 449 g/mol. The van der Waals surface area contributed by atoms with Gasteiger partial charge in [-0.1, -0.05) is 12.1 Å². The van der Waals surface area contributed by atoms with E-state index in [1.165, 1.54) is 34.4 Å². The van der Waals surface area contributed by atoms with Gasteiger partial charge >= 0.3 is 12.3 Å². The zero-order valence-electron chi connectivity index (χ0n) is 16.5. The molecule has 1 aliphatic rings. The number of anilines is 1. The molecule has 0 aliphatic carbocycles. The SMILES string of the molecule is CCOC(=O)N1CCc2c(sc(NC(=O)/C=C\c3cccc(C(F)(F)F)c3)c2C#N)C1. The normalized spacial score (nSPS) is 13.6. The van der Waals surface area contributed by atoms with E-state index in [-0.39, 0.29) is 18.7 Å². The van der Waals surface area contributed by atoms with E-state index in [0.29, 0.717) is 23.5 Å². The summed E-state index contributed by atoms with van der Waals surface area (Å²) in [5.41, 5.74) is 0.537. The fourth-order valence-electron chi connectivity index (χ4n) is 3.12. The van der Waals surface area contributed by atoms with Crippen molar-refractivity contribution in [1.29, 1.82) is 5.26 Å². The number of thiophene rings is 1. The third kappa shape index (κ3) is 5.24. The minimum absolute atomic E-state index is 0.223. The zero-order chi connectivity index (χ0) is 22.6. The van der Waals surface area contributed by atoms with Gasteiger partial charge in [-0.05, 0) is 42.7 Å². The number of nitrogens with zero attached hydrogens (tertiary/aromatic N) is 2. The molecule has 0 fully saturated rings. The number of halogens is 3. The maximum absolute atomic E-state index is 12.8. The molecular weight excluding hydrogens is 431 g/mol. The molecule has 1 aromatic carbocycles. The van der Waals surface area contributed by atoms with E-state index >= 15 is 0 Å². The number of ether oxygens (including phenoxy) is 1. The maximum atomic E-state index is 12.8. The number of carbonyl (C=O) groups is 2. The number of carbonyl (C=O) groups excluding carboxylic acids is 2. The van der Waals surface area contributed by atoms with Gasteiger partial charge < -0.3 is 15.0 Å². The van der Waals surface area contributed by atoms with E-state index in [4.69, 9.17) is 4.74 Å². The van der Waals surface area contributed by atoms with Crippen LogP contribution in [0.5, 0.6) is 0 Å². The molecule has 0 saturated carbocycles. The second-order valence-electron chi connectivity index (χ2n) is 6.64. The molecule has 2 heterocycles. The predicted molar refractivity (Wildman–Crippen MR) is 109 cm³/mol. The average molecular weight is 449 g/mol. The van der Waals surface area contributed by atoms with Crippen molar-refractivity contribution in [3.05, 3.63) is 57.5 Å². The van der Waals surface area contributed by atoms with Crippen molar-refractivity contribution in [2.45, 2.75) is 26.1 Å². The molecule has 1 aliphatic heterocycles. The van der Waals surface area contributed by atoms with Crippen molar-refractivity contribution in [3.63, 3.8) is 0 Å². The first-order valence-corrected chi connectivity index (χ1v) is 10.2. The summed E-state index contributed by atoms with van der Waals surface area (Å²) >= 11 is 1.20. The lowest BCUT2D eigenvalue weighted by molar-refractivity contribution is -0.137. The van der Waals surface area contributed by atoms with Crippen LogP contribution in [0, 0.1) is 11.3 Å². The molecule has 0 unspecified atom stereocenters. The van der Waals surface area contributed by atoms with E-state index in [2.05, 4.69) is 11.4 Å². The Morgan fingerprint density at radius 3 is 2.84 bits per heavy atom. The highest BCUT2D eigenvalue weighted by Crippen LogP contribution is 2.37. The molecule has 10 heteroatoms. The van der Waals surface area contributed by atoms with Crippen molar-refractivity contribution in [2.24, 2.45) is 0 Å². The number of hydrogen-bond donors (Lipinski definition) is 1. The summed E-state index contributed by atoms with van der Waals surface area (Å²) in [4.78, 5) is 26.6. The van der Waals surface area contributed by atoms with Gasteiger partial charge in [0, 0.05) is 17.5 Å². The molecule has 0 bridgehead atoms. The van der Waals surface area contributed by atoms with Gasteiger partial charge in [0.25, 0.3) is 0 Å². The lowest BCUT2D eigenvalue weighted by Crippen LogP contribution is -2.35. The molecule has 0 radical (unpaired) electrons. The standard InChI is InChI=1S/C21H18F3N3O3S/c1-2-30-20(29)27-9-8-15-16(11-25)19(31-17(15)12-27)26-18(28)7-6-13-4-3-5-14(10-13)21(22,23)24/h3-7,10H,2,8-9,12H2,1H3,(H,26,28)/b7-6-. The lowest BCUT2D eigenvalue weighted by Gasteiger charge is -2.25. The first kappa shape index (κ1) is 22.4. The van der Waals surface area contributed by atoms with Crippen LogP contribution in [0.2, 0.25) is 0 Å². The van der Waals surface area contributed by atoms with Gasteiger partial charge in [-0.2, -0.15) is 18.4 Å². The van der Waals surface area contributed by atoms with E-state index in [1.807, 2.05) is 0 Å². The molecule has 2 amide bonds. The smallest absolute Gasteiger partial charge is 0.416 e. The predicted octanol–water partition coefficient (Wildman–Crippen LogP) is 4.81. The molecule has 3 rings (SSSR count). The van der Waals surface area contributed by atoms with E-state index in [0.717, 1.165) is 28.6 Å². The zero-order valence-corrected chi connectivity index (χ0v) is 17.3. The van der Waals surface area contributed by atoms with Crippen molar-refractivity contribution in [3.8, 4) is 6.07 Å². The summed E-state index contributed by atoms with van der Waals surface area (Å²) in [5, 5.41) is 12.5. The Kier molecular flexibility index (Phi) is 6.65. The molecule has 2 aromatic rings. The minimum Gasteiger partial charge on any atom is -0.450 e. The van der Waals surface area contributed by atoms with E-state index in [9.17, 15) is 28.0 Å². The van der Waals surface area contributed by atoms with Crippen LogP contribution >= 0.6 is 11.3 Å². The molecule has 1 aromatic heterocycles. The van der Waals surface area contributed by atoms with Gasteiger partial charge in [0.15, 0.2) is 0 Å². The van der Waals surface area contributed by atoms with Crippen molar-refractivity contribution >= 4 is 34.4 Å². The largest absolute Gasteiger partial charge is 0.450 e. The van der Waals surface area contributed by atoms with Gasteiger partial charge in [0.2, 0.25) is 5.91 Å². The Labute approximate surface area is 180 Å². The average Bonchev–Trinajstić information content (AvgIpc) is 3.08. The van der Waals surface area contributed by atoms with Gasteiger partial charge in [-0.25, -0.2) is 4.79 Å². The van der Waals surface area contributed by atoms with Crippen LogP contribution in [0.3, 0.4) is 0 Å². The highest BCUT2D eigenvalue weighted by Gasteiger charge is 2.30. The number of hydrogen-bond acceptors (Lipinski definition) is 5. The molecular formula is C21H18F3N3O3S. The van der Waals surface area contributed by atoms with Crippen molar-refractivity contribution in [1.82, 2.24) is 4.90 Å². The maximum Gasteiger partial charge on any atom is 0.416 e. The van der Waals surface area contributed by atoms with Crippen LogP contribution in [0.1, 0.15) is 34.1 Å². The number of nitrogens with one attached hydrogen (secondary N) is 1. The Balaban J connectivity index is 1.73. The molecule has 0 atom stereocenters. The number of nitriles is 1. The summed E-state index contributed by atoms with van der Waals surface area (Å²) in [7, 11) is 0. The quantitative estimate of drug-likeness (QED) is 0.680. The van der Waals surface area contributed by atoms with E-state index in [1.54, 1.807) is 6.92 Å². The summed E-state index contributed by atoms with van der Waals surface area (Å²) < 4.78 is 43.4.